The molecule has 1 aliphatic heterocycles. The Morgan fingerprint density at radius 3 is 2.77 bits per heavy atom. The Hall–Kier alpha value is -2.25. The highest BCUT2D eigenvalue weighted by atomic mass is 19.1. The van der Waals surface area contributed by atoms with Gasteiger partial charge in [0.1, 0.15) is 11.5 Å². The number of amides is 1. The lowest BCUT2D eigenvalue weighted by Crippen LogP contribution is -2.42. The molecular weight excluding hydrogens is 337 g/mol. The average molecular weight is 361 g/mol. The Kier molecular flexibility index (Phi) is 6.35. The highest BCUT2D eigenvalue weighted by molar-refractivity contribution is 5.75. The van der Waals surface area contributed by atoms with Crippen LogP contribution in [-0.2, 0) is 16.1 Å². The molecule has 1 N–H and O–H groups in total. The standard InChI is InChI=1S/C19H24FN3O3/c1-14(23-8-10-25-11-9-23)2-7-19(24)21-13-17-12-18(22-26-17)15-3-5-16(20)6-4-15/h3-6,12,14H,2,7-11,13H2,1H3,(H,21,24). The third-order valence-corrected chi connectivity index (χ3v) is 4.62. The third-order valence-electron chi connectivity index (χ3n) is 4.62. The van der Waals surface area contributed by atoms with Crippen LogP contribution in [0.5, 0.6) is 0 Å². The number of halogens is 1. The van der Waals surface area contributed by atoms with E-state index in [0.29, 0.717) is 30.5 Å². The van der Waals surface area contributed by atoms with Crippen molar-refractivity contribution < 1.29 is 18.4 Å². The summed E-state index contributed by atoms with van der Waals surface area (Å²) in [5.41, 5.74) is 1.39. The molecule has 2 aromatic rings. The van der Waals surface area contributed by atoms with Gasteiger partial charge in [-0.15, -0.1) is 0 Å². The summed E-state index contributed by atoms with van der Waals surface area (Å²) in [5, 5.41) is 6.82. The maximum Gasteiger partial charge on any atom is 0.220 e. The molecule has 0 saturated carbocycles. The number of benzene rings is 1. The number of rotatable bonds is 7. The lowest BCUT2D eigenvalue weighted by atomic mass is 10.1. The number of hydrogen-bond acceptors (Lipinski definition) is 5. The van der Waals surface area contributed by atoms with Gasteiger partial charge in [-0.3, -0.25) is 9.69 Å². The average Bonchev–Trinajstić information content (AvgIpc) is 3.14. The molecule has 1 fully saturated rings. The van der Waals surface area contributed by atoms with Crippen LogP contribution in [0, 0.1) is 5.82 Å². The second kappa shape index (κ2) is 8.91. The van der Waals surface area contributed by atoms with Gasteiger partial charge in [-0.25, -0.2) is 4.39 Å². The first-order valence-corrected chi connectivity index (χ1v) is 8.92. The second-order valence-electron chi connectivity index (χ2n) is 6.50. The molecule has 1 aromatic carbocycles. The minimum Gasteiger partial charge on any atom is -0.379 e. The van der Waals surface area contributed by atoms with E-state index in [4.69, 9.17) is 9.26 Å². The van der Waals surface area contributed by atoms with Crippen LogP contribution in [0.15, 0.2) is 34.9 Å². The molecule has 6 nitrogen and oxygen atoms in total. The number of ether oxygens (including phenoxy) is 1. The summed E-state index contributed by atoms with van der Waals surface area (Å²) in [5.74, 6) is 0.264. The zero-order valence-corrected chi connectivity index (χ0v) is 14.9. The zero-order valence-electron chi connectivity index (χ0n) is 14.9. The van der Waals surface area contributed by atoms with Crippen molar-refractivity contribution in [2.75, 3.05) is 26.3 Å². The van der Waals surface area contributed by atoms with Gasteiger partial charge in [-0.2, -0.15) is 0 Å². The summed E-state index contributed by atoms with van der Waals surface area (Å²) in [6, 6.07) is 8.15. The quantitative estimate of drug-likeness (QED) is 0.821. The molecule has 0 aliphatic carbocycles. The Bertz CT molecular complexity index is 711. The molecule has 0 spiro atoms. The van der Waals surface area contributed by atoms with E-state index in [2.05, 4.69) is 22.3 Å². The van der Waals surface area contributed by atoms with Gasteiger partial charge in [-0.1, -0.05) is 5.16 Å². The summed E-state index contributed by atoms with van der Waals surface area (Å²) in [6.45, 7) is 5.81. The van der Waals surface area contributed by atoms with Gasteiger partial charge >= 0.3 is 0 Å². The Morgan fingerprint density at radius 1 is 1.31 bits per heavy atom. The first-order valence-electron chi connectivity index (χ1n) is 8.92. The van der Waals surface area contributed by atoms with E-state index < -0.39 is 0 Å². The summed E-state index contributed by atoms with van der Waals surface area (Å²) >= 11 is 0. The van der Waals surface area contributed by atoms with Crippen molar-refractivity contribution in [2.45, 2.75) is 32.4 Å². The molecule has 7 heteroatoms. The molecular formula is C19H24FN3O3. The van der Waals surface area contributed by atoms with E-state index in [9.17, 15) is 9.18 Å². The summed E-state index contributed by atoms with van der Waals surface area (Å²) in [4.78, 5) is 14.4. The number of hydrogen-bond donors (Lipinski definition) is 1. The predicted molar refractivity (Wildman–Crippen MR) is 94.8 cm³/mol. The monoisotopic (exact) mass is 361 g/mol. The first-order chi connectivity index (χ1) is 12.6. The van der Waals surface area contributed by atoms with Crippen LogP contribution in [0.3, 0.4) is 0 Å². The minimum absolute atomic E-state index is 0.00941. The van der Waals surface area contributed by atoms with Crippen molar-refractivity contribution in [3.63, 3.8) is 0 Å². The van der Waals surface area contributed by atoms with Crippen LogP contribution in [-0.4, -0.2) is 48.3 Å². The minimum atomic E-state index is -0.295. The largest absolute Gasteiger partial charge is 0.379 e. The van der Waals surface area contributed by atoms with Gasteiger partial charge in [0.25, 0.3) is 0 Å². The van der Waals surface area contributed by atoms with Crippen molar-refractivity contribution in [3.8, 4) is 11.3 Å². The first kappa shape index (κ1) is 18.5. The fourth-order valence-corrected chi connectivity index (χ4v) is 2.97. The predicted octanol–water partition coefficient (Wildman–Crippen LogP) is 2.60. The van der Waals surface area contributed by atoms with Gasteiger partial charge in [0, 0.05) is 37.2 Å². The van der Waals surface area contributed by atoms with Gasteiger partial charge in [-0.05, 0) is 37.6 Å². The van der Waals surface area contributed by atoms with E-state index in [1.54, 1.807) is 18.2 Å². The molecule has 3 rings (SSSR count). The molecule has 1 atom stereocenters. The van der Waals surface area contributed by atoms with Gasteiger partial charge < -0.3 is 14.6 Å². The smallest absolute Gasteiger partial charge is 0.220 e. The van der Waals surface area contributed by atoms with Gasteiger partial charge in [0.05, 0.1) is 19.8 Å². The summed E-state index contributed by atoms with van der Waals surface area (Å²) in [7, 11) is 0. The molecule has 1 unspecified atom stereocenters. The Balaban J connectivity index is 1.42. The van der Waals surface area contributed by atoms with Crippen molar-refractivity contribution in [3.05, 3.63) is 41.9 Å². The normalized spacial score (nSPS) is 16.4. The SMILES string of the molecule is CC(CCC(=O)NCc1cc(-c2ccc(F)cc2)no1)N1CCOCC1. The highest BCUT2D eigenvalue weighted by Gasteiger charge is 2.18. The molecule has 0 bridgehead atoms. The maximum atomic E-state index is 13.0. The summed E-state index contributed by atoms with van der Waals surface area (Å²) in [6.07, 6.45) is 1.28. The van der Waals surface area contributed by atoms with Gasteiger partial charge in [0.2, 0.25) is 5.91 Å². The maximum absolute atomic E-state index is 13.0. The fraction of sp³-hybridized carbons (Fsp3) is 0.474. The van der Waals surface area contributed by atoms with Crippen LogP contribution in [0.1, 0.15) is 25.5 Å². The number of morpholine rings is 1. The Morgan fingerprint density at radius 2 is 2.04 bits per heavy atom. The molecule has 1 saturated heterocycles. The molecule has 2 heterocycles. The number of nitrogens with one attached hydrogen (secondary N) is 1. The lowest BCUT2D eigenvalue weighted by molar-refractivity contribution is -0.121. The van der Waals surface area contributed by atoms with Gasteiger partial charge in [0.15, 0.2) is 5.76 Å². The molecule has 0 radical (unpaired) electrons. The summed E-state index contributed by atoms with van der Waals surface area (Å²) < 4.78 is 23.6. The molecule has 1 amide bonds. The van der Waals surface area contributed by atoms with Crippen molar-refractivity contribution >= 4 is 5.91 Å². The Labute approximate surface area is 152 Å². The van der Waals surface area contributed by atoms with E-state index in [1.165, 1.54) is 12.1 Å². The highest BCUT2D eigenvalue weighted by Crippen LogP contribution is 2.19. The second-order valence-corrected chi connectivity index (χ2v) is 6.50. The molecule has 140 valence electrons. The van der Waals surface area contributed by atoms with E-state index in [1.807, 2.05) is 0 Å². The zero-order chi connectivity index (χ0) is 18.4. The fourth-order valence-electron chi connectivity index (χ4n) is 2.97. The van der Waals surface area contributed by atoms with E-state index >= 15 is 0 Å². The number of nitrogens with zero attached hydrogens (tertiary/aromatic N) is 2. The van der Waals surface area contributed by atoms with Crippen LogP contribution in [0.2, 0.25) is 0 Å². The molecule has 1 aromatic heterocycles. The van der Waals surface area contributed by atoms with Crippen LogP contribution < -0.4 is 5.32 Å². The van der Waals surface area contributed by atoms with Crippen LogP contribution in [0.4, 0.5) is 4.39 Å². The molecule has 26 heavy (non-hydrogen) atoms. The van der Waals surface area contributed by atoms with Crippen LogP contribution in [0.25, 0.3) is 11.3 Å². The molecule has 1 aliphatic rings. The van der Waals surface area contributed by atoms with Crippen molar-refractivity contribution in [1.82, 2.24) is 15.4 Å². The van der Waals surface area contributed by atoms with Crippen molar-refractivity contribution in [2.24, 2.45) is 0 Å². The number of carbonyl (C=O) groups excluding carboxylic acids is 1. The third kappa shape index (κ3) is 5.12. The van der Waals surface area contributed by atoms with Crippen LogP contribution >= 0.6 is 0 Å². The number of aromatic nitrogens is 1. The van der Waals surface area contributed by atoms with Crippen molar-refractivity contribution in [1.29, 1.82) is 0 Å². The number of carbonyl (C=O) groups is 1. The lowest BCUT2D eigenvalue weighted by Gasteiger charge is -2.32. The topological polar surface area (TPSA) is 67.6 Å². The van der Waals surface area contributed by atoms with E-state index in [0.717, 1.165) is 38.3 Å². The van der Waals surface area contributed by atoms with E-state index in [-0.39, 0.29) is 11.7 Å².